The first-order chi connectivity index (χ1) is 11.1. The topological polar surface area (TPSA) is 68.0 Å². The molecule has 1 aromatic heterocycles. The van der Waals surface area contributed by atoms with Crippen molar-refractivity contribution in [1.82, 2.24) is 10.2 Å². The molecule has 0 fully saturated rings. The third-order valence-corrected chi connectivity index (χ3v) is 3.55. The summed E-state index contributed by atoms with van der Waals surface area (Å²) >= 11 is 11.9. The number of halogens is 3. The Hall–Kier alpha value is -2.44. The van der Waals surface area contributed by atoms with Crippen LogP contribution < -0.4 is 5.32 Å². The lowest BCUT2D eigenvalue weighted by Crippen LogP contribution is -2.13. The minimum absolute atomic E-state index is 0.0986. The van der Waals surface area contributed by atoms with Gasteiger partial charge in [0.2, 0.25) is 0 Å². The van der Waals surface area contributed by atoms with Crippen molar-refractivity contribution < 1.29 is 13.6 Å². The van der Waals surface area contributed by atoms with E-state index < -0.39 is 11.7 Å². The molecule has 0 bridgehead atoms. The number of aromatic nitrogens is 2. The second-order valence-electron chi connectivity index (χ2n) is 4.44. The summed E-state index contributed by atoms with van der Waals surface area (Å²) < 4.78 is 18.9. The van der Waals surface area contributed by atoms with Gasteiger partial charge in [-0.15, -0.1) is 10.2 Å². The zero-order valence-electron chi connectivity index (χ0n) is 11.4. The van der Waals surface area contributed by atoms with Crippen molar-refractivity contribution in [2.75, 3.05) is 5.32 Å². The Bertz CT molecular complexity index is 862. The molecular formula is C15H8Cl2FN3O2. The van der Waals surface area contributed by atoms with Gasteiger partial charge in [-0.3, -0.25) is 4.79 Å². The highest BCUT2D eigenvalue weighted by Crippen LogP contribution is 2.30. The van der Waals surface area contributed by atoms with Crippen LogP contribution in [0.4, 0.5) is 10.1 Å². The van der Waals surface area contributed by atoms with Crippen LogP contribution in [0, 0.1) is 5.82 Å². The second kappa shape index (κ2) is 6.36. The van der Waals surface area contributed by atoms with Crippen molar-refractivity contribution in [3.05, 3.63) is 64.2 Å². The SMILES string of the molecule is O=C(Nc1c(Cl)cccc1Cl)c1nnc(-c2ccccc2F)o1. The average molecular weight is 352 g/mol. The Balaban J connectivity index is 1.86. The highest BCUT2D eigenvalue weighted by atomic mass is 35.5. The first kappa shape index (κ1) is 15.5. The van der Waals surface area contributed by atoms with E-state index in [0.29, 0.717) is 0 Å². The molecule has 0 aliphatic heterocycles. The fourth-order valence-corrected chi connectivity index (χ4v) is 2.33. The van der Waals surface area contributed by atoms with Gasteiger partial charge in [0.1, 0.15) is 5.82 Å². The fourth-order valence-electron chi connectivity index (χ4n) is 1.84. The minimum Gasteiger partial charge on any atom is -0.412 e. The van der Waals surface area contributed by atoms with Gasteiger partial charge in [0.05, 0.1) is 21.3 Å². The van der Waals surface area contributed by atoms with E-state index in [1.54, 1.807) is 24.3 Å². The maximum Gasteiger partial charge on any atom is 0.313 e. The standard InChI is InChI=1S/C15H8Cl2FN3O2/c16-9-5-3-6-10(17)12(9)19-13(22)15-21-20-14(23-15)8-4-1-2-7-11(8)18/h1-7H,(H,19,22). The van der Waals surface area contributed by atoms with Crippen LogP contribution in [0.15, 0.2) is 46.9 Å². The van der Waals surface area contributed by atoms with Crippen molar-refractivity contribution in [2.24, 2.45) is 0 Å². The first-order valence-electron chi connectivity index (χ1n) is 6.40. The zero-order chi connectivity index (χ0) is 16.4. The molecule has 3 rings (SSSR count). The number of nitrogens with one attached hydrogen (secondary N) is 1. The summed E-state index contributed by atoms with van der Waals surface area (Å²) in [6, 6.07) is 10.7. The third-order valence-electron chi connectivity index (χ3n) is 2.92. The van der Waals surface area contributed by atoms with Gasteiger partial charge in [-0.1, -0.05) is 41.4 Å². The van der Waals surface area contributed by atoms with Crippen LogP contribution in [-0.2, 0) is 0 Å². The minimum atomic E-state index is -0.699. The molecule has 116 valence electrons. The Morgan fingerprint density at radius 2 is 1.74 bits per heavy atom. The number of benzene rings is 2. The molecule has 0 atom stereocenters. The van der Waals surface area contributed by atoms with Crippen LogP contribution in [0.2, 0.25) is 10.0 Å². The molecule has 1 heterocycles. The summed E-state index contributed by atoms with van der Waals surface area (Å²) in [6.07, 6.45) is 0. The molecule has 0 aliphatic rings. The maximum absolute atomic E-state index is 13.7. The Morgan fingerprint density at radius 1 is 1.04 bits per heavy atom. The molecule has 0 saturated carbocycles. The summed E-state index contributed by atoms with van der Waals surface area (Å²) in [5.41, 5.74) is 0.335. The number of hydrogen-bond acceptors (Lipinski definition) is 4. The van der Waals surface area contributed by atoms with Gasteiger partial charge >= 0.3 is 11.8 Å². The molecule has 23 heavy (non-hydrogen) atoms. The lowest BCUT2D eigenvalue weighted by molar-refractivity contribution is 0.0991. The Labute approximate surface area is 140 Å². The van der Waals surface area contributed by atoms with E-state index >= 15 is 0 Å². The van der Waals surface area contributed by atoms with Gasteiger partial charge < -0.3 is 9.73 Å². The van der Waals surface area contributed by atoms with E-state index in [-0.39, 0.29) is 33.1 Å². The number of carbonyl (C=O) groups excluding carboxylic acids is 1. The molecule has 0 aliphatic carbocycles. The van der Waals surface area contributed by atoms with Gasteiger partial charge in [0, 0.05) is 0 Å². The smallest absolute Gasteiger partial charge is 0.313 e. The molecule has 3 aromatic rings. The molecular weight excluding hydrogens is 344 g/mol. The molecule has 5 nitrogen and oxygen atoms in total. The van der Waals surface area contributed by atoms with Gasteiger partial charge in [0.15, 0.2) is 0 Å². The van der Waals surface area contributed by atoms with Crippen molar-refractivity contribution in [3.8, 4) is 11.5 Å². The number of nitrogens with zero attached hydrogens (tertiary/aromatic N) is 2. The van der Waals surface area contributed by atoms with Crippen LogP contribution in [0.25, 0.3) is 11.5 Å². The van der Waals surface area contributed by atoms with Crippen LogP contribution >= 0.6 is 23.2 Å². The molecule has 1 amide bonds. The van der Waals surface area contributed by atoms with Gasteiger partial charge in [-0.25, -0.2) is 4.39 Å². The highest BCUT2D eigenvalue weighted by molar-refractivity contribution is 6.39. The van der Waals surface area contributed by atoms with Crippen molar-refractivity contribution in [3.63, 3.8) is 0 Å². The van der Waals surface area contributed by atoms with Gasteiger partial charge in [-0.05, 0) is 24.3 Å². The van der Waals surface area contributed by atoms with Crippen LogP contribution in [0.3, 0.4) is 0 Å². The van der Waals surface area contributed by atoms with E-state index in [1.165, 1.54) is 18.2 Å². The number of carbonyl (C=O) groups is 1. The van der Waals surface area contributed by atoms with Crippen LogP contribution in [-0.4, -0.2) is 16.1 Å². The Morgan fingerprint density at radius 3 is 2.43 bits per heavy atom. The molecule has 0 saturated heterocycles. The summed E-state index contributed by atoms with van der Waals surface area (Å²) in [5, 5.41) is 10.3. The normalized spacial score (nSPS) is 10.6. The predicted molar refractivity (Wildman–Crippen MR) is 84.1 cm³/mol. The molecule has 1 N–H and O–H groups in total. The van der Waals surface area contributed by atoms with Crippen LogP contribution in [0.1, 0.15) is 10.7 Å². The molecule has 0 radical (unpaired) electrons. The lowest BCUT2D eigenvalue weighted by Gasteiger charge is -2.06. The number of hydrogen-bond donors (Lipinski definition) is 1. The van der Waals surface area contributed by atoms with E-state index in [4.69, 9.17) is 27.6 Å². The zero-order valence-corrected chi connectivity index (χ0v) is 12.9. The lowest BCUT2D eigenvalue weighted by atomic mass is 10.2. The number of amides is 1. The number of rotatable bonds is 3. The van der Waals surface area contributed by atoms with E-state index in [0.717, 1.165) is 0 Å². The van der Waals surface area contributed by atoms with E-state index in [1.807, 2.05) is 0 Å². The third kappa shape index (κ3) is 3.18. The van der Waals surface area contributed by atoms with Crippen molar-refractivity contribution in [1.29, 1.82) is 0 Å². The van der Waals surface area contributed by atoms with Gasteiger partial charge in [-0.2, -0.15) is 0 Å². The summed E-state index contributed by atoms with van der Waals surface area (Å²) in [5.74, 6) is -1.66. The Kier molecular flexibility index (Phi) is 4.27. The highest BCUT2D eigenvalue weighted by Gasteiger charge is 2.19. The van der Waals surface area contributed by atoms with Crippen LogP contribution in [0.5, 0.6) is 0 Å². The summed E-state index contributed by atoms with van der Waals surface area (Å²) in [6.45, 7) is 0. The monoisotopic (exact) mass is 351 g/mol. The van der Waals surface area contributed by atoms with E-state index in [2.05, 4.69) is 15.5 Å². The largest absolute Gasteiger partial charge is 0.412 e. The molecule has 2 aromatic carbocycles. The molecule has 8 heteroatoms. The maximum atomic E-state index is 13.7. The van der Waals surface area contributed by atoms with E-state index in [9.17, 15) is 9.18 Å². The second-order valence-corrected chi connectivity index (χ2v) is 5.26. The van der Waals surface area contributed by atoms with Crippen molar-refractivity contribution >= 4 is 34.8 Å². The first-order valence-corrected chi connectivity index (χ1v) is 7.15. The fraction of sp³-hybridized carbons (Fsp3) is 0. The van der Waals surface area contributed by atoms with Gasteiger partial charge in [0.25, 0.3) is 5.89 Å². The predicted octanol–water partition coefficient (Wildman–Crippen LogP) is 4.43. The quantitative estimate of drug-likeness (QED) is 0.757. The van der Waals surface area contributed by atoms with Crippen molar-refractivity contribution in [2.45, 2.75) is 0 Å². The number of para-hydroxylation sites is 1. The average Bonchev–Trinajstić information content (AvgIpc) is 3.01. The number of anilines is 1. The summed E-state index contributed by atoms with van der Waals surface area (Å²) in [4.78, 5) is 12.1. The molecule has 0 unspecified atom stereocenters. The molecule has 0 spiro atoms. The summed E-state index contributed by atoms with van der Waals surface area (Å²) in [7, 11) is 0.